The van der Waals surface area contributed by atoms with Crippen LogP contribution in [0.2, 0.25) is 0 Å². The van der Waals surface area contributed by atoms with Crippen molar-refractivity contribution >= 4 is 23.6 Å². The summed E-state index contributed by atoms with van der Waals surface area (Å²) in [6.07, 6.45) is 2.75. The number of carbonyl (C=O) groups excluding carboxylic acids is 1. The van der Waals surface area contributed by atoms with E-state index in [0.717, 1.165) is 17.1 Å². The number of β-lactam (4-membered cyclic amide) rings is 1. The molecule has 1 fully saturated rings. The second-order valence-corrected chi connectivity index (χ2v) is 5.33. The van der Waals surface area contributed by atoms with E-state index in [4.69, 9.17) is 5.11 Å². The molecule has 0 radical (unpaired) electrons. The molecule has 0 aromatic carbocycles. The number of nitrogens with zero attached hydrogens (tertiary/aromatic N) is 1. The van der Waals surface area contributed by atoms with Crippen molar-refractivity contribution < 1.29 is 14.7 Å². The third-order valence-electron chi connectivity index (χ3n) is 3.17. The molecule has 0 aliphatic carbocycles. The molecule has 2 aliphatic heterocycles. The summed E-state index contributed by atoms with van der Waals surface area (Å²) in [5.41, 5.74) is 0. The van der Waals surface area contributed by atoms with E-state index in [1.54, 1.807) is 0 Å². The van der Waals surface area contributed by atoms with Crippen LogP contribution in [0.3, 0.4) is 0 Å². The molecule has 0 aromatic rings. The van der Waals surface area contributed by atoms with Gasteiger partial charge in [-0.15, -0.1) is 11.8 Å². The summed E-state index contributed by atoms with van der Waals surface area (Å²) in [6.45, 7) is 3.95. The fraction of sp³-hybridized carbons (Fsp3) is 0.636. The molecule has 4 nitrogen and oxygen atoms in total. The molecule has 2 aliphatic rings. The monoisotopic (exact) mass is 241 g/mol. The molecule has 0 aromatic heterocycles. The molecule has 5 heteroatoms. The van der Waals surface area contributed by atoms with E-state index in [1.165, 1.54) is 16.7 Å². The SMILES string of the molecule is CCSC1=CC2[C@@H](CC)C(=O)N2[C@@H]1C(=O)O. The first-order chi connectivity index (χ1) is 7.61. The first kappa shape index (κ1) is 11.5. The largest absolute Gasteiger partial charge is 0.479 e. The fourth-order valence-electron chi connectivity index (χ4n) is 2.44. The van der Waals surface area contributed by atoms with Gasteiger partial charge in [0.05, 0.1) is 12.0 Å². The highest BCUT2D eigenvalue weighted by molar-refractivity contribution is 8.03. The second-order valence-electron chi connectivity index (χ2n) is 3.99. The second kappa shape index (κ2) is 4.13. The van der Waals surface area contributed by atoms with Crippen molar-refractivity contribution in [2.75, 3.05) is 5.75 Å². The van der Waals surface area contributed by atoms with Gasteiger partial charge in [0.15, 0.2) is 6.04 Å². The average molecular weight is 241 g/mol. The summed E-state index contributed by atoms with van der Waals surface area (Å²) in [5.74, 6) is -0.0986. The Morgan fingerprint density at radius 2 is 2.25 bits per heavy atom. The van der Waals surface area contributed by atoms with Gasteiger partial charge < -0.3 is 10.0 Å². The van der Waals surface area contributed by atoms with E-state index in [-0.39, 0.29) is 17.9 Å². The molecule has 2 rings (SSSR count). The van der Waals surface area contributed by atoms with E-state index in [1.807, 2.05) is 19.9 Å². The van der Waals surface area contributed by atoms with Gasteiger partial charge in [0.2, 0.25) is 5.91 Å². The van der Waals surface area contributed by atoms with Gasteiger partial charge in [0.1, 0.15) is 0 Å². The third-order valence-corrected chi connectivity index (χ3v) is 4.15. The Balaban J connectivity index is 2.23. The number of hydrogen-bond acceptors (Lipinski definition) is 3. The van der Waals surface area contributed by atoms with Gasteiger partial charge in [0.25, 0.3) is 0 Å². The number of carboxylic acids is 1. The van der Waals surface area contributed by atoms with Crippen LogP contribution in [0, 0.1) is 5.92 Å². The lowest BCUT2D eigenvalue weighted by molar-refractivity contribution is -0.162. The number of amides is 1. The minimum atomic E-state index is -0.919. The zero-order valence-corrected chi connectivity index (χ0v) is 10.2. The number of carbonyl (C=O) groups is 2. The Bertz CT molecular complexity index is 366. The highest BCUT2D eigenvalue weighted by Crippen LogP contribution is 2.43. The van der Waals surface area contributed by atoms with Gasteiger partial charge in [-0.2, -0.15) is 0 Å². The minimum absolute atomic E-state index is 0.00296. The van der Waals surface area contributed by atoms with E-state index >= 15 is 0 Å². The highest BCUT2D eigenvalue weighted by Gasteiger charge is 2.55. The predicted octanol–water partition coefficient (Wildman–Crippen LogP) is 1.33. The molecule has 0 bridgehead atoms. The number of rotatable bonds is 4. The number of fused-ring (bicyclic) bond motifs is 1. The third kappa shape index (κ3) is 1.45. The van der Waals surface area contributed by atoms with Crippen LogP contribution in [0.5, 0.6) is 0 Å². The van der Waals surface area contributed by atoms with Crippen molar-refractivity contribution in [3.63, 3.8) is 0 Å². The standard InChI is InChI=1S/C11H15NO3S/c1-3-6-7-5-8(16-4-2)9(11(14)15)12(7)10(6)13/h5-7,9H,3-4H2,1-2H3,(H,14,15)/t6-,7?,9+/m1/s1. The maximum atomic E-state index is 11.8. The van der Waals surface area contributed by atoms with Gasteiger partial charge in [-0.05, 0) is 18.2 Å². The van der Waals surface area contributed by atoms with Crippen LogP contribution >= 0.6 is 11.8 Å². The summed E-state index contributed by atoms with van der Waals surface area (Å²) in [5, 5.41) is 9.16. The molecular weight excluding hydrogens is 226 g/mol. The van der Waals surface area contributed by atoms with E-state index in [9.17, 15) is 9.59 Å². The first-order valence-corrected chi connectivity index (χ1v) is 6.49. The molecule has 1 amide bonds. The quantitative estimate of drug-likeness (QED) is 0.754. The Kier molecular flexibility index (Phi) is 2.97. The van der Waals surface area contributed by atoms with Crippen LogP contribution in [0.15, 0.2) is 11.0 Å². The molecule has 1 N–H and O–H groups in total. The van der Waals surface area contributed by atoms with Gasteiger partial charge in [0, 0.05) is 4.91 Å². The highest BCUT2D eigenvalue weighted by atomic mass is 32.2. The Morgan fingerprint density at radius 1 is 1.56 bits per heavy atom. The van der Waals surface area contributed by atoms with E-state index < -0.39 is 12.0 Å². The van der Waals surface area contributed by atoms with Crippen LogP contribution in [0.4, 0.5) is 0 Å². The molecule has 16 heavy (non-hydrogen) atoms. The summed E-state index contributed by atoms with van der Waals surface area (Å²) in [4.78, 5) is 25.3. The topological polar surface area (TPSA) is 57.6 Å². The average Bonchev–Trinajstić information content (AvgIpc) is 2.55. The van der Waals surface area contributed by atoms with Gasteiger partial charge in [-0.1, -0.05) is 13.8 Å². The van der Waals surface area contributed by atoms with E-state index in [2.05, 4.69) is 0 Å². The van der Waals surface area contributed by atoms with Crippen molar-refractivity contribution in [2.24, 2.45) is 5.92 Å². The van der Waals surface area contributed by atoms with Crippen LogP contribution in [-0.2, 0) is 9.59 Å². The lowest BCUT2D eigenvalue weighted by Gasteiger charge is -2.44. The van der Waals surface area contributed by atoms with Gasteiger partial charge in [-0.25, -0.2) is 4.79 Å². The zero-order valence-electron chi connectivity index (χ0n) is 9.34. The molecule has 1 saturated heterocycles. The molecule has 0 spiro atoms. The lowest BCUT2D eigenvalue weighted by Crippen LogP contribution is -2.62. The minimum Gasteiger partial charge on any atom is -0.479 e. The van der Waals surface area contributed by atoms with Crippen molar-refractivity contribution in [2.45, 2.75) is 32.4 Å². The molecule has 1 unspecified atom stereocenters. The summed E-state index contributed by atoms with van der Waals surface area (Å²) in [7, 11) is 0. The number of carboxylic acid groups (broad SMARTS) is 1. The van der Waals surface area contributed by atoms with Crippen LogP contribution < -0.4 is 0 Å². The van der Waals surface area contributed by atoms with E-state index in [0.29, 0.717) is 0 Å². The zero-order chi connectivity index (χ0) is 11.9. The normalized spacial score (nSPS) is 32.1. The van der Waals surface area contributed by atoms with Crippen molar-refractivity contribution in [1.82, 2.24) is 4.90 Å². The Labute approximate surface area is 98.7 Å². The lowest BCUT2D eigenvalue weighted by atomic mass is 9.86. The summed E-state index contributed by atoms with van der Waals surface area (Å²) < 4.78 is 0. The molecule has 0 saturated carbocycles. The maximum absolute atomic E-state index is 11.8. The molecule has 3 atom stereocenters. The van der Waals surface area contributed by atoms with Gasteiger partial charge in [-0.3, -0.25) is 4.79 Å². The van der Waals surface area contributed by atoms with Crippen LogP contribution in [0.25, 0.3) is 0 Å². The number of hydrogen-bond donors (Lipinski definition) is 1. The molecule has 2 heterocycles. The molecular formula is C11H15NO3S. The van der Waals surface area contributed by atoms with Crippen molar-refractivity contribution in [3.05, 3.63) is 11.0 Å². The molecule has 88 valence electrons. The van der Waals surface area contributed by atoms with Crippen molar-refractivity contribution in [3.8, 4) is 0 Å². The Morgan fingerprint density at radius 3 is 2.75 bits per heavy atom. The maximum Gasteiger partial charge on any atom is 0.331 e. The van der Waals surface area contributed by atoms with Crippen LogP contribution in [0.1, 0.15) is 20.3 Å². The number of thioether (sulfide) groups is 1. The van der Waals surface area contributed by atoms with Crippen LogP contribution in [-0.4, -0.2) is 39.7 Å². The van der Waals surface area contributed by atoms with Crippen molar-refractivity contribution in [1.29, 1.82) is 0 Å². The predicted molar refractivity (Wildman–Crippen MR) is 62.1 cm³/mol. The Hall–Kier alpha value is -0.970. The summed E-state index contributed by atoms with van der Waals surface area (Å²) >= 11 is 1.52. The number of aliphatic carboxylic acids is 1. The smallest absolute Gasteiger partial charge is 0.331 e. The fourth-order valence-corrected chi connectivity index (χ4v) is 3.38. The first-order valence-electron chi connectivity index (χ1n) is 5.51. The summed E-state index contributed by atoms with van der Waals surface area (Å²) in [6, 6.07) is -0.710. The van der Waals surface area contributed by atoms with Gasteiger partial charge >= 0.3 is 5.97 Å².